The van der Waals surface area contributed by atoms with E-state index in [0.29, 0.717) is 0 Å². The summed E-state index contributed by atoms with van der Waals surface area (Å²) in [5.41, 5.74) is 0. The molecular formula is C5F6K2O4. The number of carbonyl (C=O) groups is 2. The first-order valence-corrected chi connectivity index (χ1v) is 2.95. The minimum absolute atomic E-state index is 0. The van der Waals surface area contributed by atoms with Crippen molar-refractivity contribution in [1.82, 2.24) is 0 Å². The van der Waals surface area contributed by atoms with Gasteiger partial charge in [-0.2, -0.15) is 26.3 Å². The average Bonchev–Trinajstić information content (AvgIpc) is 2.02. The molecule has 17 heavy (non-hydrogen) atoms. The van der Waals surface area contributed by atoms with Gasteiger partial charge in [0.15, 0.2) is 0 Å². The van der Waals surface area contributed by atoms with Gasteiger partial charge in [0.25, 0.3) is 0 Å². The number of alkyl halides is 6. The number of carboxylic acid groups (broad SMARTS) is 2. The Bertz CT molecular complexity index is 279. The summed E-state index contributed by atoms with van der Waals surface area (Å²) in [6, 6.07) is 0. The minimum Gasteiger partial charge on any atom is -0.544 e. The molecule has 0 aromatic rings. The maximum atomic E-state index is 12.1. The van der Waals surface area contributed by atoms with Gasteiger partial charge in [0.2, 0.25) is 0 Å². The van der Waals surface area contributed by atoms with E-state index in [9.17, 15) is 46.1 Å². The van der Waals surface area contributed by atoms with Crippen molar-refractivity contribution in [2.75, 3.05) is 0 Å². The maximum Gasteiger partial charge on any atom is 1.00 e. The first-order chi connectivity index (χ1) is 6.39. The van der Waals surface area contributed by atoms with Gasteiger partial charge in [0.05, 0.1) is 0 Å². The zero-order chi connectivity index (χ0) is 12.7. The molecule has 0 saturated carbocycles. The van der Waals surface area contributed by atoms with Crippen LogP contribution in [0.5, 0.6) is 0 Å². The molecular weight excluding hydrogens is 316 g/mol. The van der Waals surface area contributed by atoms with Gasteiger partial charge in [-0.05, 0) is 0 Å². The molecule has 0 rings (SSSR count). The second-order valence-corrected chi connectivity index (χ2v) is 2.30. The summed E-state index contributed by atoms with van der Waals surface area (Å²) in [7, 11) is 0. The molecule has 0 atom stereocenters. The largest absolute Gasteiger partial charge is 1.00 e. The molecule has 0 saturated heterocycles. The van der Waals surface area contributed by atoms with Crippen LogP contribution in [-0.2, 0) is 9.59 Å². The molecule has 0 radical (unpaired) electrons. The van der Waals surface area contributed by atoms with Gasteiger partial charge in [0, 0.05) is 0 Å². The molecule has 0 aromatic heterocycles. The van der Waals surface area contributed by atoms with E-state index in [1.165, 1.54) is 0 Å². The molecule has 0 N–H and O–H groups in total. The van der Waals surface area contributed by atoms with E-state index in [4.69, 9.17) is 0 Å². The third-order valence-electron chi connectivity index (χ3n) is 1.30. The van der Waals surface area contributed by atoms with Gasteiger partial charge >= 0.3 is 121 Å². The summed E-state index contributed by atoms with van der Waals surface area (Å²) in [6.45, 7) is 0. The Morgan fingerprint density at radius 3 is 1.00 bits per heavy atom. The van der Waals surface area contributed by atoms with Crippen LogP contribution in [0.25, 0.3) is 0 Å². The van der Waals surface area contributed by atoms with Gasteiger partial charge in [0.1, 0.15) is 11.9 Å². The van der Waals surface area contributed by atoms with Crippen molar-refractivity contribution in [1.29, 1.82) is 0 Å². The molecule has 0 unspecified atom stereocenters. The first-order valence-electron chi connectivity index (χ1n) is 2.95. The Morgan fingerprint density at radius 1 is 0.706 bits per heavy atom. The van der Waals surface area contributed by atoms with Crippen LogP contribution in [0.2, 0.25) is 0 Å². The normalized spacial score (nSPS) is 12.1. The van der Waals surface area contributed by atoms with Crippen molar-refractivity contribution in [2.24, 2.45) is 0 Å². The average molecular weight is 316 g/mol. The van der Waals surface area contributed by atoms with Crippen LogP contribution in [-0.4, -0.2) is 29.7 Å². The van der Waals surface area contributed by atoms with Crippen molar-refractivity contribution in [3.8, 4) is 0 Å². The van der Waals surface area contributed by atoms with Crippen molar-refractivity contribution >= 4 is 11.9 Å². The van der Waals surface area contributed by atoms with Crippen LogP contribution in [0.4, 0.5) is 26.3 Å². The van der Waals surface area contributed by atoms with Gasteiger partial charge in [-0.1, -0.05) is 0 Å². The summed E-state index contributed by atoms with van der Waals surface area (Å²) in [6.07, 6.45) is 0. The van der Waals surface area contributed by atoms with E-state index < -0.39 is 29.7 Å². The number of rotatable bonds is 4. The Kier molecular flexibility index (Phi) is 10.6. The molecule has 0 amide bonds. The maximum absolute atomic E-state index is 12.1. The summed E-state index contributed by atoms with van der Waals surface area (Å²) in [4.78, 5) is 18.9. The first kappa shape index (κ1) is 23.9. The number of carboxylic acids is 2. The smallest absolute Gasteiger partial charge is 0.544 e. The van der Waals surface area contributed by atoms with Crippen molar-refractivity contribution in [2.45, 2.75) is 17.8 Å². The summed E-state index contributed by atoms with van der Waals surface area (Å²) >= 11 is 0. The molecule has 0 spiro atoms. The summed E-state index contributed by atoms with van der Waals surface area (Å²) in [5, 5.41) is 18.9. The molecule has 0 bridgehead atoms. The molecule has 0 aliphatic rings. The predicted octanol–water partition coefficient (Wildman–Crippen LogP) is -7.60. The zero-order valence-corrected chi connectivity index (χ0v) is 14.6. The second-order valence-electron chi connectivity index (χ2n) is 2.30. The number of aliphatic carboxylic acids is 2. The number of hydrogen-bond donors (Lipinski definition) is 0. The fraction of sp³-hybridized carbons (Fsp3) is 0.600. The van der Waals surface area contributed by atoms with Crippen molar-refractivity contribution in [3.63, 3.8) is 0 Å². The van der Waals surface area contributed by atoms with E-state index in [1.807, 2.05) is 0 Å². The Balaban J connectivity index is -0.000000980. The third-order valence-corrected chi connectivity index (χ3v) is 1.30. The van der Waals surface area contributed by atoms with E-state index in [0.717, 1.165) is 0 Å². The van der Waals surface area contributed by atoms with Gasteiger partial charge in [-0.3, -0.25) is 0 Å². The Hall–Kier alpha value is 1.79. The quantitative estimate of drug-likeness (QED) is 0.381. The number of hydrogen-bond acceptors (Lipinski definition) is 4. The van der Waals surface area contributed by atoms with Gasteiger partial charge < -0.3 is 19.8 Å². The van der Waals surface area contributed by atoms with E-state index in [2.05, 4.69) is 0 Å². The molecule has 4 nitrogen and oxygen atoms in total. The molecule has 0 fully saturated rings. The second kappa shape index (κ2) is 7.54. The van der Waals surface area contributed by atoms with E-state index >= 15 is 0 Å². The topological polar surface area (TPSA) is 80.3 Å². The van der Waals surface area contributed by atoms with Crippen molar-refractivity contribution in [3.05, 3.63) is 0 Å². The van der Waals surface area contributed by atoms with Crippen LogP contribution in [0.15, 0.2) is 0 Å². The fourth-order valence-corrected chi connectivity index (χ4v) is 0.454. The SMILES string of the molecule is O=C([O-])C(F)(F)C(F)(F)C(F)(F)C(=O)[O-].[K+].[K+]. The molecule has 0 aliphatic carbocycles. The minimum atomic E-state index is -6.66. The van der Waals surface area contributed by atoms with Gasteiger partial charge in [-0.15, -0.1) is 0 Å². The third kappa shape index (κ3) is 4.39. The Labute approximate surface area is 175 Å². The molecule has 88 valence electrons. The fourth-order valence-electron chi connectivity index (χ4n) is 0.454. The van der Waals surface area contributed by atoms with Crippen LogP contribution in [0.1, 0.15) is 0 Å². The summed E-state index contributed by atoms with van der Waals surface area (Å²) in [5.74, 6) is -27.0. The zero-order valence-electron chi connectivity index (χ0n) is 8.40. The van der Waals surface area contributed by atoms with Crippen LogP contribution in [0, 0.1) is 0 Å². The molecule has 0 aliphatic heterocycles. The Morgan fingerprint density at radius 2 is 0.882 bits per heavy atom. The summed E-state index contributed by atoms with van der Waals surface area (Å²) < 4.78 is 72.3. The molecule has 0 aromatic carbocycles. The van der Waals surface area contributed by atoms with Gasteiger partial charge in [-0.25, -0.2) is 0 Å². The van der Waals surface area contributed by atoms with Crippen LogP contribution in [0.3, 0.4) is 0 Å². The molecule has 12 heteroatoms. The van der Waals surface area contributed by atoms with E-state index in [-0.39, 0.29) is 103 Å². The standard InChI is InChI=1S/C5H2F6O4.2K/c6-3(7,1(12)13)5(10,11)4(8,9)2(14)15;;/h(H,12,13)(H,14,15);;/q;2*+1/p-2. The monoisotopic (exact) mass is 316 g/mol. The predicted molar refractivity (Wildman–Crippen MR) is 24.9 cm³/mol. The van der Waals surface area contributed by atoms with Crippen LogP contribution >= 0.6 is 0 Å². The number of halogens is 6. The molecule has 0 heterocycles. The van der Waals surface area contributed by atoms with Crippen LogP contribution < -0.4 is 113 Å². The van der Waals surface area contributed by atoms with Crippen molar-refractivity contribution < 1.29 is 149 Å². The van der Waals surface area contributed by atoms with E-state index in [1.54, 1.807) is 0 Å². The number of carbonyl (C=O) groups excluding carboxylic acids is 2.